The first kappa shape index (κ1) is 15.8. The molecule has 0 aliphatic carbocycles. The zero-order valence-corrected chi connectivity index (χ0v) is 13.9. The average molecular weight is 346 g/mol. The zero-order chi connectivity index (χ0) is 17.8. The van der Waals surface area contributed by atoms with Crippen LogP contribution in [0.15, 0.2) is 65.5 Å². The van der Waals surface area contributed by atoms with Crippen molar-refractivity contribution in [1.82, 2.24) is 29.7 Å². The van der Waals surface area contributed by atoms with Crippen LogP contribution >= 0.6 is 0 Å². The van der Waals surface area contributed by atoms with Crippen molar-refractivity contribution in [2.45, 2.75) is 6.54 Å². The van der Waals surface area contributed by atoms with Gasteiger partial charge in [-0.2, -0.15) is 19.9 Å². The highest BCUT2D eigenvalue weighted by Gasteiger charge is 2.12. The zero-order valence-electron chi connectivity index (χ0n) is 13.9. The summed E-state index contributed by atoms with van der Waals surface area (Å²) in [7, 11) is 1.57. The van der Waals surface area contributed by atoms with Crippen molar-refractivity contribution in [2.75, 3.05) is 7.11 Å². The van der Waals surface area contributed by atoms with Gasteiger partial charge in [-0.25, -0.2) is 9.97 Å². The number of aromatic nitrogens is 6. The molecule has 4 aromatic rings. The maximum absolute atomic E-state index is 5.16. The molecule has 0 bridgehead atoms. The molecule has 0 aliphatic rings. The third-order valence-electron chi connectivity index (χ3n) is 3.65. The van der Waals surface area contributed by atoms with Crippen molar-refractivity contribution < 1.29 is 4.74 Å². The molecular formula is C17H14N8O. The fraction of sp³-hybridized carbons (Fsp3) is 0.118. The Hall–Kier alpha value is -3.75. The molecule has 9 heteroatoms. The minimum atomic E-state index is 0.444. The second-order valence-electron chi connectivity index (χ2n) is 5.28. The first-order valence-corrected chi connectivity index (χ1v) is 7.82. The summed E-state index contributed by atoms with van der Waals surface area (Å²) in [5, 5.41) is 13.5. The number of hydrogen-bond acceptors (Lipinski definition) is 8. The predicted molar refractivity (Wildman–Crippen MR) is 93.5 cm³/mol. The van der Waals surface area contributed by atoms with Gasteiger partial charge < -0.3 is 4.74 Å². The molecule has 4 aromatic heterocycles. The van der Waals surface area contributed by atoms with Gasteiger partial charge in [-0.15, -0.1) is 5.11 Å². The average Bonchev–Trinajstić information content (AvgIpc) is 3.14. The van der Waals surface area contributed by atoms with Crippen molar-refractivity contribution in [1.29, 1.82) is 0 Å². The van der Waals surface area contributed by atoms with Crippen LogP contribution in [0.2, 0.25) is 0 Å². The smallest absolute Gasteiger partial charge is 0.214 e. The highest BCUT2D eigenvalue weighted by Crippen LogP contribution is 2.24. The second kappa shape index (κ2) is 7.01. The lowest BCUT2D eigenvalue weighted by molar-refractivity contribution is 0.397. The first-order chi connectivity index (χ1) is 12.8. The number of nitrogens with zero attached hydrogens (tertiary/aromatic N) is 8. The molecule has 0 atom stereocenters. The largest absolute Gasteiger partial charge is 0.481 e. The maximum atomic E-state index is 5.16. The summed E-state index contributed by atoms with van der Waals surface area (Å²) in [6.45, 7) is 0.444. The molecule has 0 saturated carbocycles. The Kier molecular flexibility index (Phi) is 4.25. The standard InChI is InChI=1S/C17H14N8O/c1-26-15-4-2-3-14(23-15)25-17-13(10-22-25)16(19-11-20-17)24-21-9-12-5-7-18-8-6-12/h2-8,10-11H,9H2,1H3. The molecule has 0 aliphatic heterocycles. The van der Waals surface area contributed by atoms with Gasteiger partial charge in [0.15, 0.2) is 17.3 Å². The van der Waals surface area contributed by atoms with E-state index in [0.29, 0.717) is 35.1 Å². The van der Waals surface area contributed by atoms with Crippen LogP contribution in [0, 0.1) is 0 Å². The molecule has 128 valence electrons. The van der Waals surface area contributed by atoms with Gasteiger partial charge in [0.1, 0.15) is 6.33 Å². The molecule has 4 heterocycles. The quantitative estimate of drug-likeness (QED) is 0.515. The Morgan fingerprint density at radius 1 is 1.12 bits per heavy atom. The number of methoxy groups -OCH3 is 1. The Labute approximate surface area is 148 Å². The van der Waals surface area contributed by atoms with E-state index < -0.39 is 0 Å². The lowest BCUT2D eigenvalue weighted by Gasteiger charge is -2.04. The molecule has 0 amide bonds. The molecular weight excluding hydrogens is 332 g/mol. The summed E-state index contributed by atoms with van der Waals surface area (Å²) in [5.41, 5.74) is 1.61. The van der Waals surface area contributed by atoms with Gasteiger partial charge in [0.25, 0.3) is 0 Å². The van der Waals surface area contributed by atoms with Gasteiger partial charge in [-0.1, -0.05) is 6.07 Å². The van der Waals surface area contributed by atoms with Crippen LogP contribution in [-0.4, -0.2) is 36.8 Å². The highest BCUT2D eigenvalue weighted by molar-refractivity contribution is 5.85. The molecule has 26 heavy (non-hydrogen) atoms. The normalized spacial score (nSPS) is 11.3. The number of ether oxygens (including phenoxy) is 1. The summed E-state index contributed by atoms with van der Waals surface area (Å²) >= 11 is 0. The van der Waals surface area contributed by atoms with E-state index in [0.717, 1.165) is 5.56 Å². The van der Waals surface area contributed by atoms with E-state index in [1.165, 1.54) is 6.33 Å². The van der Waals surface area contributed by atoms with Crippen LogP contribution in [0.25, 0.3) is 16.9 Å². The Bertz CT molecular complexity index is 1060. The minimum Gasteiger partial charge on any atom is -0.481 e. The molecule has 0 radical (unpaired) electrons. The predicted octanol–water partition coefficient (Wildman–Crippen LogP) is 2.90. The van der Waals surface area contributed by atoms with Crippen molar-refractivity contribution in [2.24, 2.45) is 10.2 Å². The summed E-state index contributed by atoms with van der Waals surface area (Å²) < 4.78 is 6.77. The van der Waals surface area contributed by atoms with Crippen LogP contribution < -0.4 is 4.74 Å². The van der Waals surface area contributed by atoms with E-state index in [4.69, 9.17) is 4.74 Å². The number of pyridine rings is 2. The van der Waals surface area contributed by atoms with Gasteiger partial charge in [0, 0.05) is 18.5 Å². The molecule has 0 saturated heterocycles. The number of fused-ring (bicyclic) bond motifs is 1. The van der Waals surface area contributed by atoms with Crippen molar-refractivity contribution >= 4 is 16.9 Å². The van der Waals surface area contributed by atoms with Crippen LogP contribution in [0.4, 0.5) is 5.82 Å². The van der Waals surface area contributed by atoms with Crippen LogP contribution in [-0.2, 0) is 6.54 Å². The van der Waals surface area contributed by atoms with E-state index in [2.05, 4.69) is 35.3 Å². The van der Waals surface area contributed by atoms with Gasteiger partial charge in [0.2, 0.25) is 5.88 Å². The lowest BCUT2D eigenvalue weighted by Crippen LogP contribution is -2.01. The Morgan fingerprint density at radius 3 is 2.85 bits per heavy atom. The summed E-state index contributed by atoms with van der Waals surface area (Å²) in [6, 6.07) is 9.21. The molecule has 4 rings (SSSR count). The maximum Gasteiger partial charge on any atom is 0.214 e. The molecule has 0 unspecified atom stereocenters. The number of hydrogen-bond donors (Lipinski definition) is 0. The van der Waals surface area contributed by atoms with E-state index in [1.54, 1.807) is 36.4 Å². The topological polar surface area (TPSA) is 103 Å². The first-order valence-electron chi connectivity index (χ1n) is 7.82. The molecule has 0 N–H and O–H groups in total. The van der Waals surface area contributed by atoms with E-state index in [1.807, 2.05) is 24.3 Å². The van der Waals surface area contributed by atoms with Crippen LogP contribution in [0.3, 0.4) is 0 Å². The lowest BCUT2D eigenvalue weighted by atomic mass is 10.3. The number of rotatable bonds is 5. The van der Waals surface area contributed by atoms with Crippen LogP contribution in [0.1, 0.15) is 5.56 Å². The van der Waals surface area contributed by atoms with Crippen molar-refractivity contribution in [3.8, 4) is 11.7 Å². The second-order valence-corrected chi connectivity index (χ2v) is 5.28. The van der Waals surface area contributed by atoms with E-state index in [9.17, 15) is 0 Å². The van der Waals surface area contributed by atoms with Crippen molar-refractivity contribution in [3.05, 3.63) is 60.8 Å². The minimum absolute atomic E-state index is 0.444. The summed E-state index contributed by atoms with van der Waals surface area (Å²) in [6.07, 6.45) is 6.52. The van der Waals surface area contributed by atoms with E-state index in [-0.39, 0.29) is 0 Å². The van der Waals surface area contributed by atoms with Crippen molar-refractivity contribution in [3.63, 3.8) is 0 Å². The third kappa shape index (κ3) is 3.09. The highest BCUT2D eigenvalue weighted by atomic mass is 16.5. The van der Waals surface area contributed by atoms with Gasteiger partial charge in [0.05, 0.1) is 25.2 Å². The SMILES string of the molecule is COc1cccc(-n2ncc3c(N=NCc4ccncc4)ncnc32)n1. The fourth-order valence-corrected chi connectivity index (χ4v) is 2.39. The van der Waals surface area contributed by atoms with Gasteiger partial charge in [-0.05, 0) is 23.8 Å². The summed E-state index contributed by atoms with van der Waals surface area (Å²) in [4.78, 5) is 16.8. The molecule has 9 nitrogen and oxygen atoms in total. The van der Waals surface area contributed by atoms with Crippen LogP contribution in [0.5, 0.6) is 5.88 Å². The monoisotopic (exact) mass is 346 g/mol. The molecule has 0 aromatic carbocycles. The summed E-state index contributed by atoms with van der Waals surface area (Å²) in [5.74, 6) is 1.55. The third-order valence-corrected chi connectivity index (χ3v) is 3.65. The fourth-order valence-electron chi connectivity index (χ4n) is 2.39. The number of azo groups is 1. The van der Waals surface area contributed by atoms with E-state index >= 15 is 0 Å². The molecule has 0 fully saturated rings. The van der Waals surface area contributed by atoms with Gasteiger partial charge in [-0.3, -0.25) is 4.98 Å². The molecule has 0 spiro atoms. The van der Waals surface area contributed by atoms with Gasteiger partial charge >= 0.3 is 0 Å². The Balaban J connectivity index is 1.66. The Morgan fingerprint density at radius 2 is 2.00 bits per heavy atom.